The van der Waals surface area contributed by atoms with Gasteiger partial charge in [0, 0.05) is 22.4 Å². The molecule has 0 aliphatic rings. The topological polar surface area (TPSA) is 102 Å². The first-order chi connectivity index (χ1) is 10.4. The van der Waals surface area contributed by atoms with Gasteiger partial charge < -0.3 is 16.4 Å². The van der Waals surface area contributed by atoms with E-state index in [1.165, 1.54) is 4.68 Å². The Morgan fingerprint density at radius 3 is 2.86 bits per heavy atom. The van der Waals surface area contributed by atoms with Gasteiger partial charge in [0.2, 0.25) is 11.8 Å². The molecule has 0 saturated heterocycles. The van der Waals surface area contributed by atoms with E-state index in [9.17, 15) is 9.59 Å². The van der Waals surface area contributed by atoms with Crippen molar-refractivity contribution in [2.75, 3.05) is 10.6 Å². The second-order valence-electron chi connectivity index (χ2n) is 4.73. The summed E-state index contributed by atoms with van der Waals surface area (Å²) in [7, 11) is 0. The van der Waals surface area contributed by atoms with Gasteiger partial charge in [0.05, 0.1) is 0 Å². The predicted molar refractivity (Wildman–Crippen MR) is 87.3 cm³/mol. The van der Waals surface area contributed by atoms with Crippen LogP contribution in [0.1, 0.15) is 6.92 Å². The normalized spacial score (nSPS) is 11.7. The summed E-state index contributed by atoms with van der Waals surface area (Å²) >= 11 is 3.35. The van der Waals surface area contributed by atoms with Gasteiger partial charge in [0.1, 0.15) is 18.4 Å². The molecule has 0 bridgehead atoms. The van der Waals surface area contributed by atoms with Crippen LogP contribution in [0.4, 0.5) is 11.5 Å². The van der Waals surface area contributed by atoms with Crippen LogP contribution in [0.3, 0.4) is 0 Å². The summed E-state index contributed by atoms with van der Waals surface area (Å²) < 4.78 is 2.29. The Morgan fingerprint density at radius 1 is 1.41 bits per heavy atom. The number of amides is 2. The second-order valence-corrected chi connectivity index (χ2v) is 5.65. The summed E-state index contributed by atoms with van der Waals surface area (Å²) in [5.74, 6) is -0.171. The van der Waals surface area contributed by atoms with Gasteiger partial charge in [-0.15, -0.1) is 0 Å². The van der Waals surface area contributed by atoms with Crippen LogP contribution in [0.15, 0.2) is 41.0 Å². The van der Waals surface area contributed by atoms with Crippen LogP contribution in [0.5, 0.6) is 0 Å². The number of carbonyl (C=O) groups is 2. The van der Waals surface area contributed by atoms with Crippen molar-refractivity contribution in [3.8, 4) is 0 Å². The molecule has 0 aliphatic carbocycles. The van der Waals surface area contributed by atoms with Gasteiger partial charge in [-0.1, -0.05) is 22.0 Å². The van der Waals surface area contributed by atoms with Gasteiger partial charge in [0.15, 0.2) is 0 Å². The van der Waals surface area contributed by atoms with Crippen LogP contribution in [-0.2, 0) is 16.1 Å². The predicted octanol–water partition coefficient (Wildman–Crippen LogP) is 1.57. The Labute approximate surface area is 136 Å². The fraction of sp³-hybridized carbons (Fsp3) is 0.214. The van der Waals surface area contributed by atoms with Crippen LogP contribution < -0.4 is 16.4 Å². The average Bonchev–Trinajstić information content (AvgIpc) is 2.85. The van der Waals surface area contributed by atoms with E-state index in [4.69, 9.17) is 5.73 Å². The number of hydrogen-bond acceptors (Lipinski definition) is 4. The van der Waals surface area contributed by atoms with Crippen molar-refractivity contribution in [3.05, 3.63) is 41.0 Å². The lowest BCUT2D eigenvalue weighted by molar-refractivity contribution is -0.119. The highest BCUT2D eigenvalue weighted by Crippen LogP contribution is 2.16. The van der Waals surface area contributed by atoms with Gasteiger partial charge in [-0.3, -0.25) is 14.3 Å². The molecule has 8 heteroatoms. The number of halogens is 1. The lowest BCUT2D eigenvalue weighted by Gasteiger charge is -2.13. The Balaban J connectivity index is 1.93. The molecule has 1 aromatic carbocycles. The lowest BCUT2D eigenvalue weighted by Crippen LogP contribution is -2.32. The maximum Gasteiger partial charge on any atom is 0.246 e. The van der Waals surface area contributed by atoms with Gasteiger partial charge in [0.25, 0.3) is 0 Å². The number of carbonyl (C=O) groups excluding carboxylic acids is 2. The number of hydrogen-bond donors (Lipinski definition) is 3. The van der Waals surface area contributed by atoms with Gasteiger partial charge >= 0.3 is 0 Å². The first-order valence-electron chi connectivity index (χ1n) is 6.59. The van der Waals surface area contributed by atoms with Gasteiger partial charge in [-0.05, 0) is 25.1 Å². The molecule has 0 radical (unpaired) electrons. The summed E-state index contributed by atoms with van der Waals surface area (Å²) in [6, 6.07) is 8.51. The standard InChI is InChI=1S/C14H16BrN5O2/c1-9(14(22)18-11-4-2-3-10(15)7-11)17-13-5-6-20(19-13)8-12(16)21/h2-7,9H,8H2,1H3,(H2,16,21)(H,17,19)(H,18,22)/t9-/m0/s1. The van der Waals surface area contributed by atoms with Crippen molar-refractivity contribution < 1.29 is 9.59 Å². The highest BCUT2D eigenvalue weighted by atomic mass is 79.9. The maximum atomic E-state index is 12.1. The molecular formula is C14H16BrN5O2. The molecule has 0 saturated carbocycles. The zero-order valence-corrected chi connectivity index (χ0v) is 13.5. The summed E-state index contributed by atoms with van der Waals surface area (Å²) in [6.45, 7) is 1.72. The van der Waals surface area contributed by atoms with Crippen molar-refractivity contribution in [2.45, 2.75) is 19.5 Å². The van der Waals surface area contributed by atoms with Crippen molar-refractivity contribution in [3.63, 3.8) is 0 Å². The van der Waals surface area contributed by atoms with Gasteiger partial charge in [-0.2, -0.15) is 5.10 Å². The molecule has 2 aromatic rings. The minimum atomic E-state index is -0.490. The first kappa shape index (κ1) is 16.0. The van der Waals surface area contributed by atoms with Crippen LogP contribution in [0.2, 0.25) is 0 Å². The Hall–Kier alpha value is -2.35. The summed E-state index contributed by atoms with van der Waals surface area (Å²) in [6.07, 6.45) is 1.62. The van der Waals surface area contributed by atoms with Gasteiger partial charge in [-0.25, -0.2) is 0 Å². The van der Waals surface area contributed by atoms with E-state index in [1.807, 2.05) is 18.2 Å². The summed E-state index contributed by atoms with van der Waals surface area (Å²) in [5.41, 5.74) is 5.79. The number of nitrogens with one attached hydrogen (secondary N) is 2. The van der Waals surface area contributed by atoms with E-state index in [2.05, 4.69) is 31.7 Å². The molecule has 0 unspecified atom stereocenters. The van der Waals surface area contributed by atoms with Crippen molar-refractivity contribution in [2.24, 2.45) is 5.73 Å². The first-order valence-corrected chi connectivity index (χ1v) is 7.38. The summed E-state index contributed by atoms with van der Waals surface area (Å²) in [4.78, 5) is 22.9. The SMILES string of the molecule is C[C@H](Nc1ccn(CC(N)=O)n1)C(=O)Nc1cccc(Br)c1. The zero-order chi connectivity index (χ0) is 16.1. The van der Waals surface area contributed by atoms with Crippen LogP contribution in [0, 0.1) is 0 Å². The molecule has 0 aliphatic heterocycles. The van der Waals surface area contributed by atoms with E-state index >= 15 is 0 Å². The Morgan fingerprint density at radius 2 is 2.18 bits per heavy atom. The lowest BCUT2D eigenvalue weighted by atomic mass is 10.2. The van der Waals surface area contributed by atoms with Crippen molar-refractivity contribution in [1.82, 2.24) is 9.78 Å². The zero-order valence-electron chi connectivity index (χ0n) is 11.9. The minimum absolute atomic E-state index is 0.000297. The number of nitrogens with two attached hydrogens (primary N) is 1. The molecule has 2 amide bonds. The molecule has 1 atom stereocenters. The fourth-order valence-corrected chi connectivity index (χ4v) is 2.19. The van der Waals surface area contributed by atoms with E-state index in [-0.39, 0.29) is 12.5 Å². The molecule has 4 N–H and O–H groups in total. The third kappa shape index (κ3) is 4.59. The number of anilines is 2. The smallest absolute Gasteiger partial charge is 0.246 e. The maximum absolute atomic E-state index is 12.1. The number of primary amides is 1. The highest BCUT2D eigenvalue weighted by molar-refractivity contribution is 9.10. The number of nitrogens with zero attached hydrogens (tertiary/aromatic N) is 2. The molecule has 7 nitrogen and oxygen atoms in total. The van der Waals surface area contributed by atoms with E-state index < -0.39 is 11.9 Å². The quantitative estimate of drug-likeness (QED) is 0.722. The highest BCUT2D eigenvalue weighted by Gasteiger charge is 2.14. The Bertz CT molecular complexity index is 685. The van der Waals surface area contributed by atoms with E-state index in [0.29, 0.717) is 11.5 Å². The van der Waals surface area contributed by atoms with Crippen LogP contribution >= 0.6 is 15.9 Å². The molecule has 22 heavy (non-hydrogen) atoms. The molecule has 0 fully saturated rings. The summed E-state index contributed by atoms with van der Waals surface area (Å²) in [5, 5.41) is 9.88. The third-order valence-corrected chi connectivity index (χ3v) is 3.30. The molecule has 0 spiro atoms. The molecule has 1 heterocycles. The van der Waals surface area contributed by atoms with Crippen molar-refractivity contribution >= 4 is 39.2 Å². The number of rotatable bonds is 6. The second kappa shape index (κ2) is 7.08. The van der Waals surface area contributed by atoms with E-state index in [0.717, 1.165) is 4.47 Å². The largest absolute Gasteiger partial charge is 0.368 e. The molecule has 2 rings (SSSR count). The molecule has 116 valence electrons. The van der Waals surface area contributed by atoms with Crippen LogP contribution in [0.25, 0.3) is 0 Å². The Kier molecular flexibility index (Phi) is 5.16. The monoisotopic (exact) mass is 365 g/mol. The molecular weight excluding hydrogens is 350 g/mol. The fourth-order valence-electron chi connectivity index (χ4n) is 1.79. The number of aromatic nitrogens is 2. The minimum Gasteiger partial charge on any atom is -0.368 e. The van der Waals surface area contributed by atoms with E-state index in [1.54, 1.807) is 25.3 Å². The van der Waals surface area contributed by atoms with Crippen LogP contribution in [-0.4, -0.2) is 27.6 Å². The van der Waals surface area contributed by atoms with Crippen molar-refractivity contribution in [1.29, 1.82) is 0 Å². The number of benzene rings is 1. The third-order valence-electron chi connectivity index (χ3n) is 2.81. The molecule has 1 aromatic heterocycles. The average molecular weight is 366 g/mol.